The highest BCUT2D eigenvalue weighted by atomic mass is 16.2. The van der Waals surface area contributed by atoms with Gasteiger partial charge < -0.3 is 4.90 Å². The third-order valence-corrected chi connectivity index (χ3v) is 4.27. The normalized spacial score (nSPS) is 27.8. The first kappa shape index (κ1) is 12.6. The Morgan fingerprint density at radius 1 is 1.21 bits per heavy atom. The molecule has 2 atom stereocenters. The topological polar surface area (TPSA) is 54.3 Å². The summed E-state index contributed by atoms with van der Waals surface area (Å²) in [6, 6.07) is 0.600. The fourth-order valence-electron chi connectivity index (χ4n) is 3.19. The monoisotopic (exact) mass is 263 g/mol. The Morgan fingerprint density at radius 3 is 2.32 bits per heavy atom. The Hall–Kier alpha value is -1.43. The lowest BCUT2D eigenvalue weighted by molar-refractivity contribution is 0.0338. The van der Waals surface area contributed by atoms with Crippen molar-refractivity contribution < 1.29 is 4.79 Å². The SMILES string of the molecule is CC(C)(C)N1CC2CCC(C1)N2C(=O)n1ccnn1. The number of piperazine rings is 1. The van der Waals surface area contributed by atoms with Crippen LogP contribution in [0.1, 0.15) is 33.6 Å². The molecule has 3 rings (SSSR count). The Bertz CT molecular complexity index is 450. The second-order valence-electron chi connectivity index (χ2n) is 6.50. The molecule has 2 unspecified atom stereocenters. The summed E-state index contributed by atoms with van der Waals surface area (Å²) in [7, 11) is 0. The molecular formula is C13H21N5O. The molecule has 1 aromatic heterocycles. The van der Waals surface area contributed by atoms with Crippen molar-refractivity contribution in [1.82, 2.24) is 24.8 Å². The van der Waals surface area contributed by atoms with Gasteiger partial charge in [0.25, 0.3) is 0 Å². The van der Waals surface area contributed by atoms with E-state index in [1.54, 1.807) is 12.4 Å². The van der Waals surface area contributed by atoms with Crippen LogP contribution >= 0.6 is 0 Å². The van der Waals surface area contributed by atoms with Gasteiger partial charge in [-0.15, -0.1) is 5.10 Å². The van der Waals surface area contributed by atoms with Crippen LogP contribution in [-0.2, 0) is 0 Å². The Labute approximate surface area is 113 Å². The third-order valence-electron chi connectivity index (χ3n) is 4.27. The molecule has 0 radical (unpaired) electrons. The van der Waals surface area contributed by atoms with Crippen molar-refractivity contribution in [1.29, 1.82) is 0 Å². The number of fused-ring (bicyclic) bond motifs is 2. The first-order valence-electron chi connectivity index (χ1n) is 6.91. The standard InChI is InChI=1S/C13H21N5O/c1-13(2,3)16-8-10-4-5-11(9-16)18(10)12(19)17-7-6-14-15-17/h6-7,10-11H,4-5,8-9H2,1-3H3. The van der Waals surface area contributed by atoms with Crippen LogP contribution < -0.4 is 0 Å². The molecule has 2 saturated heterocycles. The molecule has 6 nitrogen and oxygen atoms in total. The zero-order valence-corrected chi connectivity index (χ0v) is 11.8. The summed E-state index contributed by atoms with van der Waals surface area (Å²) in [6.45, 7) is 8.63. The van der Waals surface area contributed by atoms with Gasteiger partial charge in [0.15, 0.2) is 0 Å². The van der Waals surface area contributed by atoms with Crippen LogP contribution in [0.15, 0.2) is 12.4 Å². The summed E-state index contributed by atoms with van der Waals surface area (Å²) in [5.41, 5.74) is 0.170. The van der Waals surface area contributed by atoms with E-state index >= 15 is 0 Å². The fourth-order valence-corrected chi connectivity index (χ4v) is 3.19. The number of likely N-dealkylation sites (tertiary alicyclic amines) is 1. The summed E-state index contributed by atoms with van der Waals surface area (Å²) in [5, 5.41) is 7.54. The van der Waals surface area contributed by atoms with Crippen molar-refractivity contribution in [3.8, 4) is 0 Å². The fraction of sp³-hybridized carbons (Fsp3) is 0.769. The maximum Gasteiger partial charge on any atom is 0.346 e. The van der Waals surface area contributed by atoms with Crippen molar-refractivity contribution in [3.05, 3.63) is 12.4 Å². The van der Waals surface area contributed by atoms with Crippen LogP contribution in [0.3, 0.4) is 0 Å². The predicted molar refractivity (Wildman–Crippen MR) is 70.8 cm³/mol. The van der Waals surface area contributed by atoms with E-state index in [0.29, 0.717) is 12.1 Å². The molecule has 2 aliphatic heterocycles. The van der Waals surface area contributed by atoms with Gasteiger partial charge in [0, 0.05) is 30.7 Å². The minimum atomic E-state index is -0.0291. The molecule has 1 amide bonds. The van der Waals surface area contributed by atoms with Crippen molar-refractivity contribution in [3.63, 3.8) is 0 Å². The summed E-state index contributed by atoms with van der Waals surface area (Å²) < 4.78 is 1.35. The molecular weight excluding hydrogens is 242 g/mol. The molecule has 0 N–H and O–H groups in total. The molecule has 0 spiro atoms. The second-order valence-corrected chi connectivity index (χ2v) is 6.50. The average molecular weight is 263 g/mol. The maximum absolute atomic E-state index is 12.4. The second kappa shape index (κ2) is 4.30. The third kappa shape index (κ3) is 2.14. The van der Waals surface area contributed by atoms with Crippen molar-refractivity contribution in [2.75, 3.05) is 13.1 Å². The average Bonchev–Trinajstić information content (AvgIpc) is 2.94. The first-order chi connectivity index (χ1) is 8.97. The molecule has 0 saturated carbocycles. The lowest BCUT2D eigenvalue weighted by Gasteiger charge is -2.46. The number of hydrogen-bond donors (Lipinski definition) is 0. The van der Waals surface area contributed by atoms with E-state index < -0.39 is 0 Å². The van der Waals surface area contributed by atoms with Gasteiger partial charge in [0.05, 0.1) is 12.4 Å². The highest BCUT2D eigenvalue weighted by Gasteiger charge is 2.45. The van der Waals surface area contributed by atoms with Gasteiger partial charge >= 0.3 is 6.03 Å². The Morgan fingerprint density at radius 2 is 1.84 bits per heavy atom. The minimum absolute atomic E-state index is 0.0291. The highest BCUT2D eigenvalue weighted by Crippen LogP contribution is 2.33. The van der Waals surface area contributed by atoms with Crippen LogP contribution in [0.2, 0.25) is 0 Å². The molecule has 3 heterocycles. The van der Waals surface area contributed by atoms with Crippen LogP contribution in [0.25, 0.3) is 0 Å². The van der Waals surface area contributed by atoms with Crippen LogP contribution in [0.4, 0.5) is 4.79 Å². The maximum atomic E-state index is 12.4. The highest BCUT2D eigenvalue weighted by molar-refractivity contribution is 5.77. The van der Waals surface area contributed by atoms with Crippen LogP contribution in [-0.4, -0.2) is 61.5 Å². The molecule has 2 bridgehead atoms. The molecule has 2 aliphatic rings. The molecule has 104 valence electrons. The van der Waals surface area contributed by atoms with E-state index in [-0.39, 0.29) is 11.6 Å². The van der Waals surface area contributed by atoms with Gasteiger partial charge in [0.2, 0.25) is 0 Å². The number of carbonyl (C=O) groups excluding carboxylic acids is 1. The summed E-state index contributed by atoms with van der Waals surface area (Å²) in [4.78, 5) is 16.9. The van der Waals surface area contributed by atoms with Crippen LogP contribution in [0, 0.1) is 0 Å². The van der Waals surface area contributed by atoms with Gasteiger partial charge in [-0.1, -0.05) is 5.21 Å². The van der Waals surface area contributed by atoms with E-state index in [1.807, 2.05) is 4.90 Å². The van der Waals surface area contributed by atoms with E-state index in [9.17, 15) is 4.79 Å². The number of hydrogen-bond acceptors (Lipinski definition) is 4. The molecule has 19 heavy (non-hydrogen) atoms. The van der Waals surface area contributed by atoms with Gasteiger partial charge in [-0.25, -0.2) is 4.79 Å². The van der Waals surface area contributed by atoms with Crippen LogP contribution in [0.5, 0.6) is 0 Å². The van der Waals surface area contributed by atoms with Gasteiger partial charge in [0.1, 0.15) is 0 Å². The quantitative estimate of drug-likeness (QED) is 0.705. The molecule has 2 fully saturated rings. The van der Waals surface area contributed by atoms with Crippen molar-refractivity contribution in [2.45, 2.75) is 51.2 Å². The Kier molecular flexibility index (Phi) is 2.85. The number of carbonyl (C=O) groups is 1. The molecule has 6 heteroatoms. The molecule has 0 aromatic carbocycles. The number of amides is 1. The van der Waals surface area contributed by atoms with Crippen molar-refractivity contribution in [2.24, 2.45) is 0 Å². The lowest BCUT2D eigenvalue weighted by atomic mass is 10.0. The first-order valence-corrected chi connectivity index (χ1v) is 6.91. The molecule has 1 aromatic rings. The number of nitrogens with zero attached hydrogens (tertiary/aromatic N) is 5. The lowest BCUT2D eigenvalue weighted by Crippen LogP contribution is -2.60. The summed E-state index contributed by atoms with van der Waals surface area (Å²) >= 11 is 0. The minimum Gasteiger partial charge on any atom is -0.314 e. The zero-order valence-electron chi connectivity index (χ0n) is 11.8. The van der Waals surface area contributed by atoms with Gasteiger partial charge in [-0.2, -0.15) is 4.68 Å². The predicted octanol–water partition coefficient (Wildman–Crippen LogP) is 1.19. The van der Waals surface area contributed by atoms with Gasteiger partial charge in [-0.05, 0) is 33.6 Å². The summed E-state index contributed by atoms with van der Waals surface area (Å²) in [6.07, 6.45) is 5.36. The van der Waals surface area contributed by atoms with E-state index in [4.69, 9.17) is 0 Å². The van der Waals surface area contributed by atoms with E-state index in [0.717, 1.165) is 25.9 Å². The summed E-state index contributed by atoms with van der Waals surface area (Å²) in [5.74, 6) is 0. The zero-order chi connectivity index (χ0) is 13.6. The smallest absolute Gasteiger partial charge is 0.314 e. The Balaban J connectivity index is 1.79. The largest absolute Gasteiger partial charge is 0.346 e. The van der Waals surface area contributed by atoms with E-state index in [2.05, 4.69) is 36.0 Å². The van der Waals surface area contributed by atoms with E-state index in [1.165, 1.54) is 4.68 Å². The molecule has 0 aliphatic carbocycles. The number of rotatable bonds is 0. The van der Waals surface area contributed by atoms with Crippen molar-refractivity contribution >= 4 is 6.03 Å². The van der Waals surface area contributed by atoms with Gasteiger partial charge in [-0.3, -0.25) is 4.90 Å². The number of aromatic nitrogens is 3.